The van der Waals surface area contributed by atoms with Crippen molar-refractivity contribution < 1.29 is 9.53 Å². The highest BCUT2D eigenvalue weighted by atomic mass is 80.0. The predicted octanol–water partition coefficient (Wildman–Crippen LogP) is 3.73. The van der Waals surface area contributed by atoms with Gasteiger partial charge in [-0.15, -0.1) is 0 Å². The maximum absolute atomic E-state index is 11.9. The lowest BCUT2D eigenvalue weighted by molar-refractivity contribution is -0.163. The number of hydrogen-bond donors (Lipinski definition) is 0. The van der Waals surface area contributed by atoms with Gasteiger partial charge >= 0.3 is 5.97 Å². The van der Waals surface area contributed by atoms with Crippen molar-refractivity contribution in [3.63, 3.8) is 0 Å². The maximum Gasteiger partial charge on any atom is 0.345 e. The molecule has 3 nitrogen and oxygen atoms in total. The van der Waals surface area contributed by atoms with Crippen LogP contribution in [0, 0.1) is 11.8 Å². The van der Waals surface area contributed by atoms with Crippen LogP contribution in [0.2, 0.25) is 0 Å². The second-order valence-corrected chi connectivity index (χ2v) is 12.4. The van der Waals surface area contributed by atoms with Gasteiger partial charge in [0, 0.05) is 12.5 Å². The molecule has 2 unspecified atom stereocenters. The zero-order valence-corrected chi connectivity index (χ0v) is 15.9. The van der Waals surface area contributed by atoms with E-state index < -0.39 is 7.74 Å². The first-order valence-electron chi connectivity index (χ1n) is 6.02. The molecule has 1 aliphatic rings. The van der Waals surface area contributed by atoms with Gasteiger partial charge in [0.25, 0.3) is 0 Å². The van der Waals surface area contributed by atoms with E-state index in [2.05, 4.69) is 66.7 Å². The van der Waals surface area contributed by atoms with Crippen molar-refractivity contribution in [3.05, 3.63) is 0 Å². The van der Waals surface area contributed by atoms with Crippen LogP contribution in [0.4, 0.5) is 0 Å². The van der Waals surface area contributed by atoms with E-state index in [0.29, 0.717) is 11.8 Å². The molecule has 0 spiro atoms. The molecule has 1 aliphatic heterocycles. The molecule has 0 aliphatic carbocycles. The zero-order valence-electron chi connectivity index (χ0n) is 11.2. The molecule has 1 fully saturated rings. The Morgan fingerprint density at radius 1 is 1.33 bits per heavy atom. The Morgan fingerprint density at radius 3 is 2.33 bits per heavy atom. The van der Waals surface area contributed by atoms with Crippen LogP contribution >= 0.6 is 47.8 Å². The number of piperidine rings is 1. The van der Waals surface area contributed by atoms with Gasteiger partial charge in [0.05, 0.1) is 0 Å². The molecule has 0 aromatic heterocycles. The topological polar surface area (TPSA) is 29.5 Å². The van der Waals surface area contributed by atoms with Crippen molar-refractivity contribution >= 4 is 53.8 Å². The van der Waals surface area contributed by atoms with Crippen LogP contribution in [0.3, 0.4) is 0 Å². The fourth-order valence-electron chi connectivity index (χ4n) is 2.76. The van der Waals surface area contributed by atoms with E-state index >= 15 is 0 Å². The monoisotopic (exact) mass is 447 g/mol. The second kappa shape index (κ2) is 6.10. The molecule has 0 amide bonds. The summed E-state index contributed by atoms with van der Waals surface area (Å²) >= 11 is 9.59. The molecule has 1 heterocycles. The van der Waals surface area contributed by atoms with Crippen molar-refractivity contribution in [1.82, 2.24) is 4.90 Å². The quantitative estimate of drug-likeness (QED) is 0.475. The average molecular weight is 450 g/mol. The molecule has 0 bridgehead atoms. The minimum atomic E-state index is -0.987. The van der Waals surface area contributed by atoms with Gasteiger partial charge < -0.3 is 9.64 Å². The normalized spacial score (nSPS) is 27.1. The van der Waals surface area contributed by atoms with E-state index in [1.807, 2.05) is 13.8 Å². The van der Waals surface area contributed by atoms with Crippen molar-refractivity contribution in [1.29, 1.82) is 0 Å². The molecule has 0 saturated carbocycles. The van der Waals surface area contributed by atoms with Crippen molar-refractivity contribution in [3.8, 4) is 0 Å². The molecule has 18 heavy (non-hydrogen) atoms. The number of likely N-dealkylation sites (tertiary alicyclic amines) is 1. The molecule has 2 atom stereocenters. The zero-order chi connectivity index (χ0) is 14.1. The maximum atomic E-state index is 11.9. The molecule has 0 aromatic carbocycles. The van der Waals surface area contributed by atoms with Gasteiger partial charge in [-0.1, -0.05) is 6.92 Å². The number of carbonyl (C=O) groups excluding carboxylic acids is 1. The molecule has 1 rings (SSSR count). The summed E-state index contributed by atoms with van der Waals surface area (Å²) in [7, 11) is 2.13. The second-order valence-electron chi connectivity index (χ2n) is 5.63. The average Bonchev–Trinajstić information content (AvgIpc) is 2.14. The highest BCUT2D eigenvalue weighted by Crippen LogP contribution is 2.40. The van der Waals surface area contributed by atoms with Crippen molar-refractivity contribution in [2.24, 2.45) is 11.8 Å². The van der Waals surface area contributed by atoms with Gasteiger partial charge in [0.15, 0.2) is 0 Å². The first-order chi connectivity index (χ1) is 8.04. The van der Waals surface area contributed by atoms with Crippen molar-refractivity contribution in [2.45, 2.75) is 34.9 Å². The van der Waals surface area contributed by atoms with E-state index in [4.69, 9.17) is 4.74 Å². The highest BCUT2D eigenvalue weighted by molar-refractivity contribution is 9.40. The Bertz CT molecular complexity index is 315. The summed E-state index contributed by atoms with van der Waals surface area (Å²) in [5.74, 6) is 0.549. The van der Waals surface area contributed by atoms with Crippen LogP contribution in [-0.2, 0) is 9.53 Å². The Kier molecular flexibility index (Phi) is 5.74. The van der Waals surface area contributed by atoms with E-state index in [1.165, 1.54) is 0 Å². The van der Waals surface area contributed by atoms with Gasteiger partial charge in [-0.2, -0.15) is 0 Å². The van der Waals surface area contributed by atoms with E-state index in [-0.39, 0.29) is 5.97 Å². The summed E-state index contributed by atoms with van der Waals surface area (Å²) in [4.78, 5) is 14.2. The number of carbonyl (C=O) groups is 1. The number of ether oxygens (including phenoxy) is 1. The first-order valence-corrected chi connectivity index (χ1v) is 8.40. The smallest absolute Gasteiger partial charge is 0.345 e. The Morgan fingerprint density at radius 2 is 1.89 bits per heavy atom. The summed E-state index contributed by atoms with van der Waals surface area (Å²) in [5.41, 5.74) is -0.460. The number of nitrogens with zero attached hydrogens (tertiary/aromatic N) is 1. The molecule has 0 N–H and O–H groups in total. The van der Waals surface area contributed by atoms with Gasteiger partial charge in [-0.25, -0.2) is 4.79 Å². The summed E-state index contributed by atoms with van der Waals surface area (Å²) in [5, 5.41) is 0. The number of halogens is 3. The van der Waals surface area contributed by atoms with Crippen LogP contribution in [0.5, 0.6) is 0 Å². The molecule has 6 heteroatoms. The van der Waals surface area contributed by atoms with E-state index in [0.717, 1.165) is 19.5 Å². The van der Waals surface area contributed by atoms with Crippen LogP contribution < -0.4 is 0 Å². The third kappa shape index (κ3) is 4.46. The summed E-state index contributed by atoms with van der Waals surface area (Å²) in [6.07, 6.45) is 1.05. The lowest BCUT2D eigenvalue weighted by Crippen LogP contribution is -2.48. The Hall–Kier alpha value is 0.870. The Balaban J connectivity index is 2.71. The SMILES string of the molecule is CC1CN(C)CCC1C(C)(C)OC(=O)C(Br)(Br)Br. The van der Waals surface area contributed by atoms with Gasteiger partial charge in [-0.3, -0.25) is 0 Å². The van der Waals surface area contributed by atoms with Gasteiger partial charge in [0.1, 0.15) is 5.60 Å². The third-order valence-corrected chi connectivity index (χ3v) is 4.56. The van der Waals surface area contributed by atoms with Gasteiger partial charge in [-0.05, 0) is 87.6 Å². The molecular formula is C12H20Br3NO2. The highest BCUT2D eigenvalue weighted by Gasteiger charge is 2.42. The van der Waals surface area contributed by atoms with Crippen molar-refractivity contribution in [2.75, 3.05) is 20.1 Å². The fourth-order valence-corrected chi connectivity index (χ4v) is 3.00. The summed E-state index contributed by atoms with van der Waals surface area (Å²) < 4.78 is 4.66. The van der Waals surface area contributed by atoms with Crippen LogP contribution in [0.25, 0.3) is 0 Å². The number of esters is 1. The number of hydrogen-bond acceptors (Lipinski definition) is 3. The largest absolute Gasteiger partial charge is 0.457 e. The minimum Gasteiger partial charge on any atom is -0.457 e. The lowest BCUT2D eigenvalue weighted by Gasteiger charge is -2.43. The van der Waals surface area contributed by atoms with Crippen LogP contribution in [0.1, 0.15) is 27.2 Å². The minimum absolute atomic E-state index is 0.348. The first kappa shape index (κ1) is 16.9. The summed E-state index contributed by atoms with van der Waals surface area (Å²) in [6, 6.07) is 0. The van der Waals surface area contributed by atoms with Crippen LogP contribution in [-0.4, -0.2) is 38.8 Å². The number of rotatable bonds is 2. The molecular weight excluding hydrogens is 430 g/mol. The Labute approximate surface area is 134 Å². The van der Waals surface area contributed by atoms with E-state index in [9.17, 15) is 4.79 Å². The lowest BCUT2D eigenvalue weighted by atomic mass is 9.76. The molecule has 0 aromatic rings. The van der Waals surface area contributed by atoms with E-state index in [1.54, 1.807) is 0 Å². The molecule has 0 radical (unpaired) electrons. The predicted molar refractivity (Wildman–Crippen MR) is 84.5 cm³/mol. The van der Waals surface area contributed by atoms with Gasteiger partial charge in [0.2, 0.25) is 2.14 Å². The molecule has 1 saturated heterocycles. The standard InChI is InChI=1S/C12H20Br3NO2/c1-8-7-16(4)6-5-9(8)11(2,3)18-10(17)12(13,14)15/h8-9H,5-7H2,1-4H3. The fraction of sp³-hybridized carbons (Fsp3) is 0.917. The third-order valence-electron chi connectivity index (χ3n) is 3.59. The molecule has 106 valence electrons. The van der Waals surface area contributed by atoms with Crippen LogP contribution in [0.15, 0.2) is 0 Å². The summed E-state index contributed by atoms with van der Waals surface area (Å²) in [6.45, 7) is 8.32. The number of alkyl halides is 3.